The zero-order chi connectivity index (χ0) is 17.3. The Balaban J connectivity index is 2.12. The van der Waals surface area contributed by atoms with Crippen LogP contribution in [0.4, 0.5) is 0 Å². The highest BCUT2D eigenvalue weighted by molar-refractivity contribution is 5.82. The highest BCUT2D eigenvalue weighted by atomic mass is 16.3. The first-order valence-electron chi connectivity index (χ1n) is 9.31. The van der Waals surface area contributed by atoms with Gasteiger partial charge in [-0.1, -0.05) is 34.6 Å². The van der Waals surface area contributed by atoms with Crippen molar-refractivity contribution in [3.05, 3.63) is 0 Å². The summed E-state index contributed by atoms with van der Waals surface area (Å²) in [4.78, 5) is 15.3. The van der Waals surface area contributed by atoms with Crippen molar-refractivity contribution < 1.29 is 9.90 Å². The van der Waals surface area contributed by atoms with Crippen molar-refractivity contribution in [2.75, 3.05) is 13.2 Å². The Bertz CT molecular complexity index is 404. The second-order valence-electron chi connectivity index (χ2n) is 9.36. The van der Waals surface area contributed by atoms with E-state index in [9.17, 15) is 9.90 Å². The number of carbonyl (C=O) groups excluding carboxylic acids is 1. The van der Waals surface area contributed by atoms with E-state index in [1.54, 1.807) is 0 Å². The van der Waals surface area contributed by atoms with E-state index in [0.717, 1.165) is 32.2 Å². The van der Waals surface area contributed by atoms with Gasteiger partial charge in [0.1, 0.15) is 0 Å². The average molecular weight is 325 g/mol. The predicted octanol–water partition coefficient (Wildman–Crippen LogP) is 2.94. The number of nitrogens with one attached hydrogen (secondary N) is 1. The molecule has 1 heterocycles. The molecule has 1 aliphatic heterocycles. The smallest absolute Gasteiger partial charge is 0.228 e. The lowest BCUT2D eigenvalue weighted by atomic mass is 9.74. The first-order valence-corrected chi connectivity index (χ1v) is 9.31. The summed E-state index contributed by atoms with van der Waals surface area (Å²) in [7, 11) is 0. The van der Waals surface area contributed by atoms with Crippen molar-refractivity contribution in [3.63, 3.8) is 0 Å². The topological polar surface area (TPSA) is 52.6 Å². The molecule has 0 radical (unpaired) electrons. The Morgan fingerprint density at radius 3 is 2.35 bits per heavy atom. The van der Waals surface area contributed by atoms with E-state index in [-0.39, 0.29) is 18.1 Å². The average Bonchev–Trinajstić information content (AvgIpc) is 2.88. The summed E-state index contributed by atoms with van der Waals surface area (Å²) in [6, 6.07) is 1.01. The van der Waals surface area contributed by atoms with Gasteiger partial charge in [-0.3, -0.25) is 4.79 Å². The lowest BCUT2D eigenvalue weighted by Crippen LogP contribution is -2.53. The van der Waals surface area contributed by atoms with Gasteiger partial charge in [0.05, 0.1) is 0 Å². The molecule has 1 saturated heterocycles. The summed E-state index contributed by atoms with van der Waals surface area (Å²) < 4.78 is 0. The zero-order valence-electron chi connectivity index (χ0n) is 15.7. The highest BCUT2D eigenvalue weighted by Crippen LogP contribution is 2.39. The van der Waals surface area contributed by atoms with Crippen LogP contribution in [0.15, 0.2) is 0 Å². The molecule has 1 saturated carbocycles. The van der Waals surface area contributed by atoms with E-state index in [0.29, 0.717) is 23.4 Å². The predicted molar refractivity (Wildman–Crippen MR) is 94.2 cm³/mol. The fourth-order valence-electron chi connectivity index (χ4n) is 4.06. The Labute approximate surface area is 142 Å². The SMILES string of the molecule is CC1(C)CCC(N(C(=O)C(C)(C)C)[C@@H]2CNC(CCO)C2)CC1. The summed E-state index contributed by atoms with van der Waals surface area (Å²) in [5, 5.41) is 12.7. The van der Waals surface area contributed by atoms with Crippen LogP contribution in [0.5, 0.6) is 0 Å². The number of hydrogen-bond acceptors (Lipinski definition) is 3. The number of aliphatic hydroxyl groups excluding tert-OH is 1. The van der Waals surface area contributed by atoms with E-state index in [1.165, 1.54) is 12.8 Å². The molecule has 2 atom stereocenters. The van der Waals surface area contributed by atoms with Gasteiger partial charge in [-0.25, -0.2) is 0 Å². The molecule has 2 aliphatic rings. The highest BCUT2D eigenvalue weighted by Gasteiger charge is 2.41. The van der Waals surface area contributed by atoms with Crippen molar-refractivity contribution in [3.8, 4) is 0 Å². The molecule has 23 heavy (non-hydrogen) atoms. The van der Waals surface area contributed by atoms with Crippen molar-refractivity contribution in [1.29, 1.82) is 0 Å². The molecule has 0 aromatic carbocycles. The third-order valence-corrected chi connectivity index (χ3v) is 5.65. The Morgan fingerprint density at radius 2 is 1.83 bits per heavy atom. The number of amides is 1. The number of carbonyl (C=O) groups is 1. The lowest BCUT2D eigenvalue weighted by Gasteiger charge is -2.45. The molecule has 0 aromatic rings. The number of aliphatic hydroxyl groups is 1. The van der Waals surface area contributed by atoms with Crippen LogP contribution >= 0.6 is 0 Å². The van der Waals surface area contributed by atoms with E-state index >= 15 is 0 Å². The van der Waals surface area contributed by atoms with Crippen molar-refractivity contribution in [1.82, 2.24) is 10.2 Å². The minimum Gasteiger partial charge on any atom is -0.396 e. The van der Waals surface area contributed by atoms with E-state index in [2.05, 4.69) is 24.1 Å². The maximum absolute atomic E-state index is 13.1. The third-order valence-electron chi connectivity index (χ3n) is 5.65. The largest absolute Gasteiger partial charge is 0.396 e. The molecular formula is C19H36N2O2. The normalized spacial score (nSPS) is 28.8. The van der Waals surface area contributed by atoms with E-state index in [1.807, 2.05) is 20.8 Å². The molecule has 1 aliphatic carbocycles. The number of nitrogens with zero attached hydrogens (tertiary/aromatic N) is 1. The van der Waals surface area contributed by atoms with E-state index < -0.39 is 0 Å². The van der Waals surface area contributed by atoms with Crippen LogP contribution in [0.2, 0.25) is 0 Å². The molecule has 2 fully saturated rings. The summed E-state index contributed by atoms with van der Waals surface area (Å²) >= 11 is 0. The quantitative estimate of drug-likeness (QED) is 0.836. The fourth-order valence-corrected chi connectivity index (χ4v) is 4.06. The Hall–Kier alpha value is -0.610. The van der Waals surface area contributed by atoms with Crippen LogP contribution in [0, 0.1) is 10.8 Å². The molecule has 134 valence electrons. The Morgan fingerprint density at radius 1 is 1.22 bits per heavy atom. The zero-order valence-corrected chi connectivity index (χ0v) is 15.7. The first-order chi connectivity index (χ1) is 10.6. The second-order valence-corrected chi connectivity index (χ2v) is 9.36. The van der Waals surface area contributed by atoms with Crippen LogP contribution < -0.4 is 5.32 Å². The van der Waals surface area contributed by atoms with Gasteiger partial charge in [-0.05, 0) is 43.9 Å². The summed E-state index contributed by atoms with van der Waals surface area (Å²) in [6.07, 6.45) is 6.40. The molecule has 2 N–H and O–H groups in total. The molecule has 1 unspecified atom stereocenters. The maximum atomic E-state index is 13.1. The second kappa shape index (κ2) is 7.10. The minimum absolute atomic E-state index is 0.217. The van der Waals surface area contributed by atoms with Gasteiger partial charge in [0.25, 0.3) is 0 Å². The summed E-state index contributed by atoms with van der Waals surface area (Å²) in [6.45, 7) is 11.9. The molecule has 4 nitrogen and oxygen atoms in total. The molecule has 0 spiro atoms. The van der Waals surface area contributed by atoms with Crippen LogP contribution in [-0.2, 0) is 4.79 Å². The standard InChI is InChI=1S/C19H36N2O2/c1-18(2,3)17(23)21(15-6-9-19(4,5)10-7-15)16-12-14(8-11-22)20-13-16/h14-16,20,22H,6-13H2,1-5H3/t14?,16-/m0/s1. The van der Waals surface area contributed by atoms with Gasteiger partial charge >= 0.3 is 0 Å². The minimum atomic E-state index is -0.331. The van der Waals surface area contributed by atoms with Crippen molar-refractivity contribution >= 4 is 5.91 Å². The molecule has 0 aromatic heterocycles. The molecular weight excluding hydrogens is 288 g/mol. The van der Waals surface area contributed by atoms with Crippen LogP contribution in [-0.4, -0.2) is 47.2 Å². The number of rotatable bonds is 4. The molecule has 1 amide bonds. The molecule has 4 heteroatoms. The lowest BCUT2D eigenvalue weighted by molar-refractivity contribution is -0.145. The van der Waals surface area contributed by atoms with Gasteiger partial charge in [-0.15, -0.1) is 0 Å². The van der Waals surface area contributed by atoms with Crippen molar-refractivity contribution in [2.45, 2.75) is 91.3 Å². The van der Waals surface area contributed by atoms with E-state index in [4.69, 9.17) is 0 Å². The number of hydrogen-bond donors (Lipinski definition) is 2. The van der Waals surface area contributed by atoms with Gasteiger partial charge < -0.3 is 15.3 Å². The fraction of sp³-hybridized carbons (Fsp3) is 0.947. The Kier molecular flexibility index (Phi) is 5.78. The third kappa shape index (κ3) is 4.69. The van der Waals surface area contributed by atoms with Gasteiger partial charge in [-0.2, -0.15) is 0 Å². The van der Waals surface area contributed by atoms with Gasteiger partial charge in [0, 0.05) is 36.7 Å². The molecule has 2 rings (SSSR count). The van der Waals surface area contributed by atoms with Gasteiger partial charge in [0.15, 0.2) is 0 Å². The van der Waals surface area contributed by atoms with Crippen LogP contribution in [0.1, 0.15) is 73.1 Å². The van der Waals surface area contributed by atoms with Crippen LogP contribution in [0.3, 0.4) is 0 Å². The van der Waals surface area contributed by atoms with Crippen LogP contribution in [0.25, 0.3) is 0 Å². The van der Waals surface area contributed by atoms with Crippen molar-refractivity contribution in [2.24, 2.45) is 10.8 Å². The molecule has 0 bridgehead atoms. The maximum Gasteiger partial charge on any atom is 0.228 e. The van der Waals surface area contributed by atoms with Gasteiger partial charge in [0.2, 0.25) is 5.91 Å². The summed E-state index contributed by atoms with van der Waals surface area (Å²) in [5.41, 5.74) is 0.0856. The summed E-state index contributed by atoms with van der Waals surface area (Å²) in [5.74, 6) is 0.290. The first kappa shape index (κ1) is 18.7. The monoisotopic (exact) mass is 324 g/mol.